The van der Waals surface area contributed by atoms with Gasteiger partial charge < -0.3 is 14.8 Å². The molecule has 25 heavy (non-hydrogen) atoms. The van der Waals surface area contributed by atoms with Gasteiger partial charge in [0.2, 0.25) is 0 Å². The van der Waals surface area contributed by atoms with Crippen LogP contribution in [0.3, 0.4) is 0 Å². The van der Waals surface area contributed by atoms with E-state index in [-0.39, 0.29) is 5.91 Å². The van der Waals surface area contributed by atoms with Gasteiger partial charge in [-0.1, -0.05) is 48.5 Å². The second-order valence-corrected chi connectivity index (χ2v) is 5.98. The van der Waals surface area contributed by atoms with Crippen LogP contribution in [0.1, 0.15) is 19.8 Å². The maximum atomic E-state index is 12.4. The third-order valence-electron chi connectivity index (χ3n) is 4.12. The van der Waals surface area contributed by atoms with E-state index in [1.807, 2.05) is 54.6 Å². The number of hydrogen-bond donors (Lipinski definition) is 1. The number of anilines is 1. The number of para-hydroxylation sites is 1. The summed E-state index contributed by atoms with van der Waals surface area (Å²) in [6.45, 7) is 2.12. The van der Waals surface area contributed by atoms with Crippen LogP contribution >= 0.6 is 0 Å². The van der Waals surface area contributed by atoms with Gasteiger partial charge in [-0.15, -0.1) is 0 Å². The van der Waals surface area contributed by atoms with Crippen LogP contribution in [0.15, 0.2) is 54.6 Å². The van der Waals surface area contributed by atoms with Crippen molar-refractivity contribution < 1.29 is 19.1 Å². The van der Waals surface area contributed by atoms with Crippen LogP contribution in [0.25, 0.3) is 11.1 Å². The van der Waals surface area contributed by atoms with Gasteiger partial charge in [0, 0.05) is 17.9 Å². The molecule has 1 saturated heterocycles. The summed E-state index contributed by atoms with van der Waals surface area (Å²) < 4.78 is 10.5. The number of rotatable bonds is 5. The van der Waals surface area contributed by atoms with E-state index in [1.165, 1.54) is 0 Å². The SMILES string of the molecule is C[C@@H](OC(=O)[C@H]1CCCO1)C(=O)Nc1ccccc1-c1ccccc1. The average molecular weight is 339 g/mol. The normalized spacial score (nSPS) is 17.7. The highest BCUT2D eigenvalue weighted by molar-refractivity contribution is 5.98. The van der Waals surface area contributed by atoms with Crippen LogP contribution in [0, 0.1) is 0 Å². The Morgan fingerprint density at radius 3 is 2.56 bits per heavy atom. The molecule has 0 radical (unpaired) electrons. The van der Waals surface area contributed by atoms with Gasteiger partial charge in [0.15, 0.2) is 12.2 Å². The Morgan fingerprint density at radius 2 is 1.84 bits per heavy atom. The molecule has 0 aliphatic carbocycles. The summed E-state index contributed by atoms with van der Waals surface area (Å²) >= 11 is 0. The van der Waals surface area contributed by atoms with E-state index in [0.717, 1.165) is 17.5 Å². The fraction of sp³-hybridized carbons (Fsp3) is 0.300. The third-order valence-corrected chi connectivity index (χ3v) is 4.12. The lowest BCUT2D eigenvalue weighted by molar-refractivity contribution is -0.162. The monoisotopic (exact) mass is 339 g/mol. The van der Waals surface area contributed by atoms with E-state index in [0.29, 0.717) is 18.7 Å². The molecule has 2 aromatic carbocycles. The Hall–Kier alpha value is -2.66. The second-order valence-electron chi connectivity index (χ2n) is 5.98. The van der Waals surface area contributed by atoms with Crippen molar-refractivity contribution in [3.8, 4) is 11.1 Å². The smallest absolute Gasteiger partial charge is 0.336 e. The third kappa shape index (κ3) is 4.25. The molecule has 1 aliphatic rings. The molecule has 0 bridgehead atoms. The highest BCUT2D eigenvalue weighted by Crippen LogP contribution is 2.27. The minimum absolute atomic E-state index is 0.366. The predicted molar refractivity (Wildman–Crippen MR) is 95.0 cm³/mol. The first-order valence-corrected chi connectivity index (χ1v) is 8.42. The minimum Gasteiger partial charge on any atom is -0.451 e. The highest BCUT2D eigenvalue weighted by Gasteiger charge is 2.28. The van der Waals surface area contributed by atoms with E-state index >= 15 is 0 Å². The van der Waals surface area contributed by atoms with Gasteiger partial charge in [0.05, 0.1) is 0 Å². The lowest BCUT2D eigenvalue weighted by Crippen LogP contribution is -2.34. The van der Waals surface area contributed by atoms with Crippen molar-refractivity contribution in [1.82, 2.24) is 0 Å². The average Bonchev–Trinajstić information content (AvgIpc) is 3.17. The molecule has 0 aromatic heterocycles. The minimum atomic E-state index is -0.888. The first kappa shape index (κ1) is 17.2. The molecule has 2 atom stereocenters. The van der Waals surface area contributed by atoms with Crippen molar-refractivity contribution in [3.05, 3.63) is 54.6 Å². The van der Waals surface area contributed by atoms with Crippen molar-refractivity contribution in [3.63, 3.8) is 0 Å². The van der Waals surface area contributed by atoms with Crippen LogP contribution in [-0.2, 0) is 19.1 Å². The van der Waals surface area contributed by atoms with Gasteiger partial charge in [0.25, 0.3) is 5.91 Å². The summed E-state index contributed by atoms with van der Waals surface area (Å²) in [5, 5.41) is 2.85. The number of carbonyl (C=O) groups excluding carboxylic acids is 2. The van der Waals surface area contributed by atoms with Crippen molar-refractivity contribution >= 4 is 17.6 Å². The van der Waals surface area contributed by atoms with Crippen LogP contribution in [0.4, 0.5) is 5.69 Å². The molecule has 1 heterocycles. The summed E-state index contributed by atoms with van der Waals surface area (Å²) in [6, 6.07) is 17.3. The fourth-order valence-corrected chi connectivity index (χ4v) is 2.76. The van der Waals surface area contributed by atoms with Crippen molar-refractivity contribution in [2.24, 2.45) is 0 Å². The summed E-state index contributed by atoms with van der Waals surface area (Å²) in [5.41, 5.74) is 2.59. The predicted octanol–water partition coefficient (Wildman–Crippen LogP) is 3.40. The van der Waals surface area contributed by atoms with Crippen LogP contribution in [0.2, 0.25) is 0 Å². The quantitative estimate of drug-likeness (QED) is 0.848. The Bertz CT molecular complexity index is 738. The molecule has 1 fully saturated rings. The Morgan fingerprint density at radius 1 is 1.12 bits per heavy atom. The number of hydrogen-bond acceptors (Lipinski definition) is 4. The molecule has 1 amide bonds. The summed E-state index contributed by atoms with van der Waals surface area (Å²) in [5.74, 6) is -0.841. The standard InChI is InChI=1S/C20H21NO4/c1-14(25-20(23)18-12-7-13-24-18)19(22)21-17-11-6-5-10-16(17)15-8-3-2-4-9-15/h2-6,8-11,14,18H,7,12-13H2,1H3,(H,21,22)/t14-,18-/m1/s1. The largest absolute Gasteiger partial charge is 0.451 e. The van der Waals surface area contributed by atoms with Crippen LogP contribution in [0.5, 0.6) is 0 Å². The van der Waals surface area contributed by atoms with Crippen LogP contribution < -0.4 is 5.32 Å². The van der Waals surface area contributed by atoms with Crippen LogP contribution in [-0.4, -0.2) is 30.7 Å². The zero-order chi connectivity index (χ0) is 17.6. The lowest BCUT2D eigenvalue weighted by Gasteiger charge is -2.17. The molecular weight excluding hydrogens is 318 g/mol. The maximum Gasteiger partial charge on any atom is 0.336 e. The van der Waals surface area contributed by atoms with E-state index in [2.05, 4.69) is 5.32 Å². The van der Waals surface area contributed by atoms with E-state index in [4.69, 9.17) is 9.47 Å². The Labute approximate surface area is 147 Å². The van der Waals surface area contributed by atoms with Crippen molar-refractivity contribution in [2.45, 2.75) is 32.0 Å². The number of carbonyl (C=O) groups is 2. The molecule has 0 saturated carbocycles. The van der Waals surface area contributed by atoms with Crippen molar-refractivity contribution in [1.29, 1.82) is 0 Å². The molecule has 0 spiro atoms. The van der Waals surface area contributed by atoms with Gasteiger partial charge in [-0.3, -0.25) is 4.79 Å². The summed E-state index contributed by atoms with van der Waals surface area (Å²) in [7, 11) is 0. The van der Waals surface area contributed by atoms with E-state index < -0.39 is 18.2 Å². The molecule has 1 aliphatic heterocycles. The molecular formula is C20H21NO4. The summed E-state index contributed by atoms with van der Waals surface area (Å²) in [4.78, 5) is 24.4. The zero-order valence-electron chi connectivity index (χ0n) is 14.1. The fourth-order valence-electron chi connectivity index (χ4n) is 2.76. The number of amides is 1. The molecule has 0 unspecified atom stereocenters. The van der Waals surface area contributed by atoms with Gasteiger partial charge in [-0.05, 0) is 31.4 Å². The number of esters is 1. The maximum absolute atomic E-state index is 12.4. The Kier molecular flexibility index (Phi) is 5.46. The van der Waals surface area contributed by atoms with Gasteiger partial charge in [-0.25, -0.2) is 4.79 Å². The van der Waals surface area contributed by atoms with E-state index in [1.54, 1.807) is 6.92 Å². The highest BCUT2D eigenvalue weighted by atomic mass is 16.6. The molecule has 5 heteroatoms. The molecule has 3 rings (SSSR count). The van der Waals surface area contributed by atoms with E-state index in [9.17, 15) is 9.59 Å². The second kappa shape index (κ2) is 7.94. The topological polar surface area (TPSA) is 64.6 Å². The first-order valence-electron chi connectivity index (χ1n) is 8.42. The van der Waals surface area contributed by atoms with Crippen molar-refractivity contribution in [2.75, 3.05) is 11.9 Å². The molecule has 130 valence electrons. The Balaban J connectivity index is 1.67. The number of nitrogens with one attached hydrogen (secondary N) is 1. The van der Waals surface area contributed by atoms with Gasteiger partial charge in [0.1, 0.15) is 0 Å². The first-order chi connectivity index (χ1) is 12.1. The summed E-state index contributed by atoms with van der Waals surface area (Å²) in [6.07, 6.45) is 0.0434. The molecule has 2 aromatic rings. The molecule has 5 nitrogen and oxygen atoms in total. The number of benzene rings is 2. The number of ether oxygens (including phenoxy) is 2. The van der Waals surface area contributed by atoms with Gasteiger partial charge in [-0.2, -0.15) is 0 Å². The molecule has 1 N–H and O–H groups in total. The lowest BCUT2D eigenvalue weighted by atomic mass is 10.0. The zero-order valence-corrected chi connectivity index (χ0v) is 14.1. The van der Waals surface area contributed by atoms with Gasteiger partial charge >= 0.3 is 5.97 Å².